The Kier molecular flexibility index (Phi) is 4.46. The fourth-order valence-corrected chi connectivity index (χ4v) is 2.38. The van der Waals surface area contributed by atoms with Crippen LogP contribution in [0, 0.1) is 5.92 Å². The minimum absolute atomic E-state index is 0.00730. The lowest BCUT2D eigenvalue weighted by molar-refractivity contribution is -0.122. The smallest absolute Gasteiger partial charge is 0.299 e. The molecule has 1 N–H and O–H groups in total. The summed E-state index contributed by atoms with van der Waals surface area (Å²) in [6.07, 6.45) is 0. The molecule has 0 aliphatic carbocycles. The summed E-state index contributed by atoms with van der Waals surface area (Å²) in [6.45, 7) is 5.76. The van der Waals surface area contributed by atoms with Crippen LogP contribution in [-0.2, 0) is 9.59 Å². The largest absolute Gasteiger partial charge is 0.352 e. The second-order valence-corrected chi connectivity index (χ2v) is 6.40. The van der Waals surface area contributed by atoms with Gasteiger partial charge in [0.1, 0.15) is 6.54 Å². The van der Waals surface area contributed by atoms with Gasteiger partial charge >= 0.3 is 0 Å². The zero-order chi connectivity index (χ0) is 15.7. The molecule has 1 aliphatic rings. The maximum absolute atomic E-state index is 12.0. The number of amides is 2. The van der Waals surface area contributed by atoms with E-state index in [-0.39, 0.29) is 18.5 Å². The highest BCUT2D eigenvalue weighted by Gasteiger charge is 2.36. The molecule has 5 nitrogen and oxygen atoms in total. The van der Waals surface area contributed by atoms with Gasteiger partial charge in [-0.3, -0.25) is 19.3 Å². The third-order valence-electron chi connectivity index (χ3n) is 3.62. The van der Waals surface area contributed by atoms with Crippen molar-refractivity contribution in [3.05, 3.63) is 28.2 Å². The second kappa shape index (κ2) is 5.97. The highest BCUT2D eigenvalue weighted by molar-refractivity contribution is 9.10. The van der Waals surface area contributed by atoms with E-state index >= 15 is 0 Å². The predicted octanol–water partition coefficient (Wildman–Crippen LogP) is 2.14. The SMILES string of the molecule is CC(C)C(C)NC(=O)CN1C(=O)C(=O)c2ccc(Br)cc21. The number of carbonyl (C=O) groups is 3. The van der Waals surface area contributed by atoms with E-state index in [4.69, 9.17) is 0 Å². The Morgan fingerprint density at radius 2 is 1.95 bits per heavy atom. The van der Waals surface area contributed by atoms with Crippen molar-refractivity contribution < 1.29 is 14.4 Å². The molecule has 1 aromatic carbocycles. The molecule has 0 bridgehead atoms. The first kappa shape index (κ1) is 15.7. The predicted molar refractivity (Wildman–Crippen MR) is 83.3 cm³/mol. The summed E-state index contributed by atoms with van der Waals surface area (Å²) in [5, 5.41) is 2.83. The average Bonchev–Trinajstić information content (AvgIpc) is 2.63. The lowest BCUT2D eigenvalue weighted by Crippen LogP contribution is -2.44. The number of nitrogens with one attached hydrogen (secondary N) is 1. The molecule has 112 valence electrons. The Labute approximate surface area is 131 Å². The first-order valence-corrected chi connectivity index (χ1v) is 7.55. The molecule has 0 radical (unpaired) electrons. The zero-order valence-corrected chi connectivity index (χ0v) is 13.7. The standard InChI is InChI=1S/C15H17BrN2O3/c1-8(2)9(3)17-13(19)7-18-12-6-10(16)4-5-11(12)14(20)15(18)21/h4-6,8-9H,7H2,1-3H3,(H,17,19). The van der Waals surface area contributed by atoms with E-state index in [1.807, 2.05) is 20.8 Å². The highest BCUT2D eigenvalue weighted by Crippen LogP contribution is 2.31. The number of benzene rings is 1. The van der Waals surface area contributed by atoms with Gasteiger partial charge in [0.15, 0.2) is 0 Å². The lowest BCUT2D eigenvalue weighted by Gasteiger charge is -2.21. The Hall–Kier alpha value is -1.69. The van der Waals surface area contributed by atoms with Crippen molar-refractivity contribution in [3.63, 3.8) is 0 Å². The van der Waals surface area contributed by atoms with Crippen LogP contribution in [0.15, 0.2) is 22.7 Å². The highest BCUT2D eigenvalue weighted by atomic mass is 79.9. The number of fused-ring (bicyclic) bond motifs is 1. The number of ketones is 1. The molecule has 6 heteroatoms. The molecule has 2 rings (SSSR count). The molecule has 21 heavy (non-hydrogen) atoms. The number of carbonyl (C=O) groups excluding carboxylic acids is 3. The maximum atomic E-state index is 12.0. The van der Waals surface area contributed by atoms with Gasteiger partial charge in [-0.2, -0.15) is 0 Å². The summed E-state index contributed by atoms with van der Waals surface area (Å²) in [5.41, 5.74) is 0.819. The van der Waals surface area contributed by atoms with E-state index in [0.29, 0.717) is 17.2 Å². The van der Waals surface area contributed by atoms with Crippen LogP contribution in [-0.4, -0.2) is 30.2 Å². The third kappa shape index (κ3) is 3.15. The number of nitrogens with zero attached hydrogens (tertiary/aromatic N) is 1. The topological polar surface area (TPSA) is 66.5 Å². The zero-order valence-electron chi connectivity index (χ0n) is 12.1. The molecule has 1 heterocycles. The number of anilines is 1. The molecule has 0 saturated carbocycles. The molecule has 1 aliphatic heterocycles. The summed E-state index contributed by atoms with van der Waals surface area (Å²) < 4.78 is 0.754. The summed E-state index contributed by atoms with van der Waals surface area (Å²) in [7, 11) is 0. The van der Waals surface area contributed by atoms with Crippen molar-refractivity contribution in [1.29, 1.82) is 0 Å². The number of Topliss-reactive ketones (excluding diaryl/α,β-unsaturated/α-hetero) is 1. The summed E-state index contributed by atoms with van der Waals surface area (Å²) in [4.78, 5) is 37.2. The molecule has 0 saturated heterocycles. The van der Waals surface area contributed by atoms with Gasteiger partial charge in [-0.15, -0.1) is 0 Å². The molecule has 1 atom stereocenters. The molecule has 1 unspecified atom stereocenters. The maximum Gasteiger partial charge on any atom is 0.299 e. The molecule has 2 amide bonds. The van der Waals surface area contributed by atoms with Gasteiger partial charge in [-0.05, 0) is 31.0 Å². The van der Waals surface area contributed by atoms with Gasteiger partial charge in [0.25, 0.3) is 11.7 Å². The molecule has 1 aromatic rings. The van der Waals surface area contributed by atoms with Gasteiger partial charge in [0, 0.05) is 10.5 Å². The van der Waals surface area contributed by atoms with Gasteiger partial charge in [0.05, 0.1) is 11.3 Å². The molecule has 0 fully saturated rings. The lowest BCUT2D eigenvalue weighted by atomic mass is 10.1. The van der Waals surface area contributed by atoms with Gasteiger partial charge in [-0.25, -0.2) is 0 Å². The van der Waals surface area contributed by atoms with E-state index in [1.54, 1.807) is 18.2 Å². The first-order chi connectivity index (χ1) is 9.81. The van der Waals surface area contributed by atoms with Crippen LogP contribution in [0.5, 0.6) is 0 Å². The molecular weight excluding hydrogens is 336 g/mol. The Morgan fingerprint density at radius 3 is 2.57 bits per heavy atom. The first-order valence-electron chi connectivity index (χ1n) is 6.76. The van der Waals surface area contributed by atoms with Crippen molar-refractivity contribution in [2.24, 2.45) is 5.92 Å². The van der Waals surface area contributed by atoms with Crippen LogP contribution in [0.1, 0.15) is 31.1 Å². The van der Waals surface area contributed by atoms with Crippen molar-refractivity contribution in [3.8, 4) is 0 Å². The van der Waals surface area contributed by atoms with Gasteiger partial charge < -0.3 is 5.32 Å². The minimum Gasteiger partial charge on any atom is -0.352 e. The molecule has 0 spiro atoms. The molecule has 0 aromatic heterocycles. The summed E-state index contributed by atoms with van der Waals surface area (Å²) in [5.74, 6) is -1.20. The third-order valence-corrected chi connectivity index (χ3v) is 4.12. The van der Waals surface area contributed by atoms with E-state index < -0.39 is 11.7 Å². The number of hydrogen-bond acceptors (Lipinski definition) is 3. The average molecular weight is 353 g/mol. The Balaban J connectivity index is 2.18. The van der Waals surface area contributed by atoms with Gasteiger partial charge in [-0.1, -0.05) is 29.8 Å². The van der Waals surface area contributed by atoms with Crippen LogP contribution in [0.2, 0.25) is 0 Å². The number of rotatable bonds is 4. The van der Waals surface area contributed by atoms with Crippen LogP contribution in [0.25, 0.3) is 0 Å². The fourth-order valence-electron chi connectivity index (χ4n) is 2.03. The van der Waals surface area contributed by atoms with Crippen LogP contribution in [0.4, 0.5) is 5.69 Å². The second-order valence-electron chi connectivity index (χ2n) is 5.48. The van der Waals surface area contributed by atoms with Crippen molar-refractivity contribution >= 4 is 39.2 Å². The quantitative estimate of drug-likeness (QED) is 0.844. The monoisotopic (exact) mass is 352 g/mol. The van der Waals surface area contributed by atoms with Crippen molar-refractivity contribution in [2.75, 3.05) is 11.4 Å². The Morgan fingerprint density at radius 1 is 1.29 bits per heavy atom. The van der Waals surface area contributed by atoms with E-state index in [0.717, 1.165) is 4.47 Å². The van der Waals surface area contributed by atoms with Crippen LogP contribution >= 0.6 is 15.9 Å². The minimum atomic E-state index is -0.657. The van der Waals surface area contributed by atoms with E-state index in [9.17, 15) is 14.4 Å². The van der Waals surface area contributed by atoms with Gasteiger partial charge in [0.2, 0.25) is 5.91 Å². The Bertz CT molecular complexity index is 613. The summed E-state index contributed by atoms with van der Waals surface area (Å²) in [6, 6.07) is 4.98. The molecular formula is C15H17BrN2O3. The normalized spacial score (nSPS) is 15.4. The van der Waals surface area contributed by atoms with E-state index in [1.165, 1.54) is 4.90 Å². The summed E-state index contributed by atoms with van der Waals surface area (Å²) >= 11 is 3.31. The van der Waals surface area contributed by atoms with Crippen molar-refractivity contribution in [1.82, 2.24) is 5.32 Å². The van der Waals surface area contributed by atoms with Crippen LogP contribution in [0.3, 0.4) is 0 Å². The number of halogens is 1. The number of hydrogen-bond donors (Lipinski definition) is 1. The van der Waals surface area contributed by atoms with Crippen LogP contribution < -0.4 is 10.2 Å². The van der Waals surface area contributed by atoms with Crippen molar-refractivity contribution in [2.45, 2.75) is 26.8 Å². The van der Waals surface area contributed by atoms with E-state index in [2.05, 4.69) is 21.2 Å². The fraction of sp³-hybridized carbons (Fsp3) is 0.400.